The van der Waals surface area contributed by atoms with Crippen molar-refractivity contribution in [1.29, 1.82) is 0 Å². The second-order valence-electron chi connectivity index (χ2n) is 5.01. The van der Waals surface area contributed by atoms with E-state index in [4.69, 9.17) is 5.11 Å². The third-order valence-electron chi connectivity index (χ3n) is 3.35. The van der Waals surface area contributed by atoms with E-state index < -0.39 is 23.2 Å². The number of rotatable bonds is 3. The number of aryl methyl sites for hydroxylation is 1. The van der Waals surface area contributed by atoms with Gasteiger partial charge >= 0.3 is 5.97 Å². The van der Waals surface area contributed by atoms with Crippen molar-refractivity contribution in [3.05, 3.63) is 12.4 Å². The van der Waals surface area contributed by atoms with Gasteiger partial charge in [0, 0.05) is 13.2 Å². The van der Waals surface area contributed by atoms with Gasteiger partial charge in [-0.15, -0.1) is 0 Å². The van der Waals surface area contributed by atoms with Crippen LogP contribution in [-0.4, -0.2) is 26.8 Å². The summed E-state index contributed by atoms with van der Waals surface area (Å²) in [5.41, 5.74) is 0.113. The summed E-state index contributed by atoms with van der Waals surface area (Å²) < 4.78 is 1.57. The highest BCUT2D eigenvalue weighted by molar-refractivity contribution is 5.99. The first-order chi connectivity index (χ1) is 7.84. The Morgan fingerprint density at radius 2 is 2.12 bits per heavy atom. The van der Waals surface area contributed by atoms with E-state index in [0.717, 1.165) is 0 Å². The quantitative estimate of drug-likeness (QED) is 0.811. The van der Waals surface area contributed by atoms with Gasteiger partial charge in [-0.25, -0.2) is 0 Å². The van der Waals surface area contributed by atoms with Gasteiger partial charge < -0.3 is 10.4 Å². The minimum Gasteiger partial charge on any atom is -0.481 e. The molecule has 17 heavy (non-hydrogen) atoms. The van der Waals surface area contributed by atoms with Crippen LogP contribution < -0.4 is 5.32 Å². The Hall–Kier alpha value is -1.85. The lowest BCUT2D eigenvalue weighted by Gasteiger charge is -2.02. The summed E-state index contributed by atoms with van der Waals surface area (Å²) >= 11 is 0. The zero-order valence-corrected chi connectivity index (χ0v) is 9.97. The summed E-state index contributed by atoms with van der Waals surface area (Å²) in [6.45, 7) is 3.58. The maximum Gasteiger partial charge on any atom is 0.307 e. The highest BCUT2D eigenvalue weighted by Crippen LogP contribution is 2.58. The number of carbonyl (C=O) groups excluding carboxylic acids is 1. The van der Waals surface area contributed by atoms with Gasteiger partial charge in [0.15, 0.2) is 0 Å². The first-order valence-electron chi connectivity index (χ1n) is 5.36. The van der Waals surface area contributed by atoms with Crippen molar-refractivity contribution in [3.63, 3.8) is 0 Å². The standard InChI is InChI=1S/C11H15N3O3/c1-11(2)7(8(11)10(16)17)9(15)13-6-4-12-14(3)5-6/h4-5,7-8H,1-3H3,(H,13,15)(H,16,17)/t7-,8+/m1/s1. The molecule has 1 aromatic heterocycles. The van der Waals surface area contributed by atoms with Gasteiger partial charge in [-0.3, -0.25) is 14.3 Å². The largest absolute Gasteiger partial charge is 0.481 e. The predicted octanol–water partition coefficient (Wildman–Crippen LogP) is 0.715. The number of hydrogen-bond donors (Lipinski definition) is 2. The van der Waals surface area contributed by atoms with Crippen molar-refractivity contribution in [3.8, 4) is 0 Å². The van der Waals surface area contributed by atoms with Crippen molar-refractivity contribution < 1.29 is 14.7 Å². The van der Waals surface area contributed by atoms with Crippen molar-refractivity contribution in [2.45, 2.75) is 13.8 Å². The predicted molar refractivity (Wildman–Crippen MR) is 60.2 cm³/mol. The van der Waals surface area contributed by atoms with E-state index in [9.17, 15) is 9.59 Å². The number of carbonyl (C=O) groups is 2. The lowest BCUT2D eigenvalue weighted by Crippen LogP contribution is -2.17. The van der Waals surface area contributed by atoms with Gasteiger partial charge in [0.05, 0.1) is 23.7 Å². The fourth-order valence-electron chi connectivity index (χ4n) is 2.29. The van der Waals surface area contributed by atoms with Crippen LogP contribution in [0.25, 0.3) is 0 Å². The maximum absolute atomic E-state index is 11.9. The van der Waals surface area contributed by atoms with Crippen LogP contribution in [0.4, 0.5) is 5.69 Å². The molecule has 0 aromatic carbocycles. The molecule has 0 radical (unpaired) electrons. The summed E-state index contributed by atoms with van der Waals surface area (Å²) in [7, 11) is 1.75. The molecule has 6 nitrogen and oxygen atoms in total. The molecule has 92 valence electrons. The molecule has 2 N–H and O–H groups in total. The van der Waals surface area contributed by atoms with Crippen LogP contribution in [0.5, 0.6) is 0 Å². The number of aromatic nitrogens is 2. The van der Waals surface area contributed by atoms with Gasteiger partial charge in [0.2, 0.25) is 5.91 Å². The SMILES string of the molecule is Cn1cc(NC(=O)[C@H]2[C@@H](C(=O)O)C2(C)C)cn1. The molecule has 6 heteroatoms. The molecule has 0 unspecified atom stereocenters. The molecule has 1 aromatic rings. The highest BCUT2D eigenvalue weighted by atomic mass is 16.4. The van der Waals surface area contributed by atoms with Crippen LogP contribution in [0.15, 0.2) is 12.4 Å². The second-order valence-corrected chi connectivity index (χ2v) is 5.01. The number of hydrogen-bond acceptors (Lipinski definition) is 3. The Balaban J connectivity index is 2.05. The average Bonchev–Trinajstić information content (AvgIpc) is 2.54. The Morgan fingerprint density at radius 1 is 1.47 bits per heavy atom. The van der Waals surface area contributed by atoms with E-state index in [2.05, 4.69) is 10.4 Å². The molecule has 0 spiro atoms. The fraction of sp³-hybridized carbons (Fsp3) is 0.545. The van der Waals surface area contributed by atoms with Crippen molar-refractivity contribution in [2.24, 2.45) is 24.3 Å². The first kappa shape index (κ1) is 11.6. The maximum atomic E-state index is 11.9. The molecule has 1 aliphatic rings. The van der Waals surface area contributed by atoms with E-state index in [1.165, 1.54) is 6.20 Å². The lowest BCUT2D eigenvalue weighted by atomic mass is 10.1. The van der Waals surface area contributed by atoms with Crippen LogP contribution in [0.3, 0.4) is 0 Å². The first-order valence-corrected chi connectivity index (χ1v) is 5.36. The number of amides is 1. The van der Waals surface area contributed by atoms with Gasteiger partial charge in [0.1, 0.15) is 0 Å². The van der Waals surface area contributed by atoms with Crippen LogP contribution in [-0.2, 0) is 16.6 Å². The number of aliphatic carboxylic acids is 1. The van der Waals surface area contributed by atoms with Crippen LogP contribution in [0, 0.1) is 17.3 Å². The van der Waals surface area contributed by atoms with E-state index in [1.54, 1.807) is 31.8 Å². The molecule has 1 fully saturated rings. The molecule has 1 heterocycles. The Kier molecular flexibility index (Phi) is 2.45. The number of anilines is 1. The van der Waals surface area contributed by atoms with Gasteiger partial charge in [-0.2, -0.15) is 5.10 Å². The van der Waals surface area contributed by atoms with E-state index in [0.29, 0.717) is 5.69 Å². The Bertz CT molecular complexity index is 478. The number of carboxylic acids is 1. The molecule has 0 bridgehead atoms. The number of nitrogens with zero attached hydrogens (tertiary/aromatic N) is 2. The molecule has 0 aliphatic heterocycles. The molecule has 0 saturated heterocycles. The average molecular weight is 237 g/mol. The van der Waals surface area contributed by atoms with E-state index >= 15 is 0 Å². The van der Waals surface area contributed by atoms with Crippen LogP contribution >= 0.6 is 0 Å². The smallest absolute Gasteiger partial charge is 0.307 e. The number of nitrogens with one attached hydrogen (secondary N) is 1. The zero-order valence-electron chi connectivity index (χ0n) is 9.97. The van der Waals surface area contributed by atoms with Crippen molar-refractivity contribution in [1.82, 2.24) is 9.78 Å². The third-order valence-corrected chi connectivity index (χ3v) is 3.35. The van der Waals surface area contributed by atoms with E-state index in [-0.39, 0.29) is 5.91 Å². The van der Waals surface area contributed by atoms with Crippen LogP contribution in [0.2, 0.25) is 0 Å². The number of carboxylic acid groups (broad SMARTS) is 1. The molecule has 1 amide bonds. The molecule has 2 rings (SSSR count). The Labute approximate surface area is 98.6 Å². The van der Waals surface area contributed by atoms with Gasteiger partial charge in [0.25, 0.3) is 0 Å². The molecular weight excluding hydrogens is 222 g/mol. The minimum absolute atomic E-state index is 0.254. The molecule has 1 saturated carbocycles. The molecule has 1 aliphatic carbocycles. The van der Waals surface area contributed by atoms with E-state index in [1.807, 2.05) is 0 Å². The van der Waals surface area contributed by atoms with Crippen molar-refractivity contribution >= 4 is 17.6 Å². The highest BCUT2D eigenvalue weighted by Gasteiger charge is 2.65. The summed E-state index contributed by atoms with van der Waals surface area (Å²) in [6, 6.07) is 0. The summed E-state index contributed by atoms with van der Waals surface area (Å²) in [6.07, 6.45) is 3.20. The second kappa shape index (κ2) is 3.58. The molecule has 2 atom stereocenters. The van der Waals surface area contributed by atoms with Crippen molar-refractivity contribution in [2.75, 3.05) is 5.32 Å². The summed E-state index contributed by atoms with van der Waals surface area (Å²) in [5.74, 6) is -2.24. The monoisotopic (exact) mass is 237 g/mol. The van der Waals surface area contributed by atoms with Gasteiger partial charge in [-0.1, -0.05) is 13.8 Å². The Morgan fingerprint density at radius 3 is 2.53 bits per heavy atom. The molecular formula is C11H15N3O3. The zero-order chi connectivity index (χ0) is 12.8. The van der Waals surface area contributed by atoms with Crippen LogP contribution in [0.1, 0.15) is 13.8 Å². The summed E-state index contributed by atoms with van der Waals surface area (Å²) in [5, 5.41) is 15.6. The summed E-state index contributed by atoms with van der Waals surface area (Å²) in [4.78, 5) is 22.9. The fourth-order valence-corrected chi connectivity index (χ4v) is 2.29. The third kappa shape index (κ3) is 1.90. The lowest BCUT2D eigenvalue weighted by molar-refractivity contribution is -0.140. The normalized spacial score (nSPS) is 25.4. The topological polar surface area (TPSA) is 84.2 Å². The minimum atomic E-state index is -0.915. The van der Waals surface area contributed by atoms with Gasteiger partial charge in [-0.05, 0) is 5.41 Å².